The van der Waals surface area contributed by atoms with Crippen LogP contribution >= 0.6 is 0 Å². The Kier molecular flexibility index (Phi) is 7.23. The van der Waals surface area contributed by atoms with Crippen LogP contribution in [0.2, 0.25) is 0 Å². The van der Waals surface area contributed by atoms with Crippen molar-refractivity contribution in [3.8, 4) is 0 Å². The molecule has 0 aliphatic carbocycles. The van der Waals surface area contributed by atoms with Crippen LogP contribution in [0.15, 0.2) is 30.3 Å². The Morgan fingerprint density at radius 2 is 1.71 bits per heavy atom. The lowest BCUT2D eigenvalue weighted by Crippen LogP contribution is -2.41. The standard InChI is InChI=1S/C17H23NO6/c1-17(2,3)24-15(20)13(14(19)22-4)10-18-16(21)23-11-12-8-6-5-7-9-12/h5-9,13H,10-11H2,1-4H3,(H,18,21). The van der Waals surface area contributed by atoms with Crippen molar-refractivity contribution in [1.82, 2.24) is 5.32 Å². The molecule has 0 aliphatic rings. The first-order chi connectivity index (χ1) is 11.2. The number of ether oxygens (including phenoxy) is 3. The SMILES string of the molecule is COC(=O)C(CNC(=O)OCc1ccccc1)C(=O)OC(C)(C)C. The lowest BCUT2D eigenvalue weighted by Gasteiger charge is -2.23. The highest BCUT2D eigenvalue weighted by atomic mass is 16.6. The molecule has 0 saturated heterocycles. The minimum Gasteiger partial charge on any atom is -0.468 e. The van der Waals surface area contributed by atoms with Gasteiger partial charge in [0.25, 0.3) is 0 Å². The van der Waals surface area contributed by atoms with Crippen molar-refractivity contribution < 1.29 is 28.6 Å². The molecule has 24 heavy (non-hydrogen) atoms. The number of carbonyl (C=O) groups is 3. The van der Waals surface area contributed by atoms with E-state index in [1.807, 2.05) is 30.3 Å². The second-order valence-corrected chi connectivity index (χ2v) is 6.05. The van der Waals surface area contributed by atoms with Crippen molar-refractivity contribution in [3.05, 3.63) is 35.9 Å². The van der Waals surface area contributed by atoms with Gasteiger partial charge in [-0.05, 0) is 26.3 Å². The predicted molar refractivity (Wildman–Crippen MR) is 86.0 cm³/mol. The van der Waals surface area contributed by atoms with Gasteiger partial charge in [0, 0.05) is 6.54 Å². The van der Waals surface area contributed by atoms with Gasteiger partial charge in [-0.1, -0.05) is 30.3 Å². The number of alkyl carbamates (subject to hydrolysis) is 1. The normalized spacial score (nSPS) is 12.0. The summed E-state index contributed by atoms with van der Waals surface area (Å²) in [6, 6.07) is 9.13. The summed E-state index contributed by atoms with van der Waals surface area (Å²) in [5.74, 6) is -2.80. The van der Waals surface area contributed by atoms with Gasteiger partial charge in [-0.2, -0.15) is 0 Å². The number of esters is 2. The fourth-order valence-corrected chi connectivity index (χ4v) is 1.74. The third-order valence-corrected chi connectivity index (χ3v) is 2.84. The van der Waals surface area contributed by atoms with Gasteiger partial charge >= 0.3 is 18.0 Å². The third kappa shape index (κ3) is 7.13. The van der Waals surface area contributed by atoms with E-state index < -0.39 is 29.6 Å². The summed E-state index contributed by atoms with van der Waals surface area (Å²) in [4.78, 5) is 35.5. The van der Waals surface area contributed by atoms with Crippen LogP contribution in [0.3, 0.4) is 0 Å². The average Bonchev–Trinajstić information content (AvgIpc) is 2.52. The van der Waals surface area contributed by atoms with E-state index in [0.717, 1.165) is 12.7 Å². The molecule has 1 amide bonds. The molecule has 1 unspecified atom stereocenters. The molecule has 1 atom stereocenters. The molecule has 0 aliphatic heterocycles. The second kappa shape index (κ2) is 8.90. The monoisotopic (exact) mass is 337 g/mol. The number of nitrogens with one attached hydrogen (secondary N) is 1. The van der Waals surface area contributed by atoms with Gasteiger partial charge < -0.3 is 19.5 Å². The Balaban J connectivity index is 2.53. The molecule has 7 nitrogen and oxygen atoms in total. The fraction of sp³-hybridized carbons (Fsp3) is 0.471. The van der Waals surface area contributed by atoms with Crippen molar-refractivity contribution in [2.45, 2.75) is 33.0 Å². The molecule has 1 N–H and O–H groups in total. The molecule has 0 saturated carbocycles. The summed E-state index contributed by atoms with van der Waals surface area (Å²) in [5.41, 5.74) is 0.0706. The van der Waals surface area contributed by atoms with Crippen LogP contribution in [0.5, 0.6) is 0 Å². The van der Waals surface area contributed by atoms with Gasteiger partial charge in [-0.3, -0.25) is 9.59 Å². The van der Waals surface area contributed by atoms with Crippen molar-refractivity contribution in [2.24, 2.45) is 5.92 Å². The van der Waals surface area contributed by atoms with E-state index in [-0.39, 0.29) is 13.2 Å². The summed E-state index contributed by atoms with van der Waals surface area (Å²) in [7, 11) is 1.16. The number of amides is 1. The van der Waals surface area contributed by atoms with Crippen LogP contribution < -0.4 is 5.32 Å². The van der Waals surface area contributed by atoms with Gasteiger partial charge in [0.2, 0.25) is 0 Å². The quantitative estimate of drug-likeness (QED) is 0.485. The first-order valence-electron chi connectivity index (χ1n) is 7.48. The molecule has 0 heterocycles. The van der Waals surface area contributed by atoms with Gasteiger partial charge in [0.1, 0.15) is 12.2 Å². The summed E-state index contributed by atoms with van der Waals surface area (Å²) < 4.78 is 14.7. The average molecular weight is 337 g/mol. The number of benzene rings is 1. The molecule has 0 aromatic heterocycles. The zero-order chi connectivity index (χ0) is 18.2. The van der Waals surface area contributed by atoms with Crippen LogP contribution in [0.1, 0.15) is 26.3 Å². The Labute approximate surface area is 141 Å². The highest BCUT2D eigenvalue weighted by Gasteiger charge is 2.32. The van der Waals surface area contributed by atoms with Gasteiger partial charge in [-0.15, -0.1) is 0 Å². The fourth-order valence-electron chi connectivity index (χ4n) is 1.74. The van der Waals surface area contributed by atoms with E-state index in [1.165, 1.54) is 0 Å². The number of methoxy groups -OCH3 is 1. The predicted octanol–water partition coefficient (Wildman–Crippen LogP) is 2.04. The molecule has 132 valence electrons. The molecule has 0 bridgehead atoms. The van der Waals surface area contributed by atoms with E-state index >= 15 is 0 Å². The van der Waals surface area contributed by atoms with Gasteiger partial charge in [0.05, 0.1) is 7.11 Å². The van der Waals surface area contributed by atoms with E-state index in [1.54, 1.807) is 20.8 Å². The largest absolute Gasteiger partial charge is 0.468 e. The Hall–Kier alpha value is -2.57. The van der Waals surface area contributed by atoms with Crippen LogP contribution in [-0.4, -0.2) is 37.3 Å². The summed E-state index contributed by atoms with van der Waals surface area (Å²) >= 11 is 0. The molecule has 0 fully saturated rings. The first-order valence-corrected chi connectivity index (χ1v) is 7.48. The topological polar surface area (TPSA) is 90.9 Å². The zero-order valence-corrected chi connectivity index (χ0v) is 14.3. The molecule has 1 aromatic rings. The van der Waals surface area contributed by atoms with Crippen molar-refractivity contribution in [3.63, 3.8) is 0 Å². The third-order valence-electron chi connectivity index (χ3n) is 2.84. The maximum Gasteiger partial charge on any atom is 0.407 e. The van der Waals surface area contributed by atoms with Crippen molar-refractivity contribution >= 4 is 18.0 Å². The van der Waals surface area contributed by atoms with E-state index in [2.05, 4.69) is 10.1 Å². The van der Waals surface area contributed by atoms with Gasteiger partial charge in [0.15, 0.2) is 5.92 Å². The Morgan fingerprint density at radius 3 is 2.25 bits per heavy atom. The summed E-state index contributed by atoms with van der Waals surface area (Å²) in [6.45, 7) is 4.86. The zero-order valence-electron chi connectivity index (χ0n) is 14.3. The van der Waals surface area contributed by atoms with Crippen LogP contribution in [0.25, 0.3) is 0 Å². The maximum atomic E-state index is 12.0. The molecule has 7 heteroatoms. The molecule has 1 aromatic carbocycles. The van der Waals surface area contributed by atoms with E-state index in [0.29, 0.717) is 0 Å². The summed E-state index contributed by atoms with van der Waals surface area (Å²) in [6.07, 6.45) is -0.740. The second-order valence-electron chi connectivity index (χ2n) is 6.05. The van der Waals surface area contributed by atoms with Crippen LogP contribution in [0.4, 0.5) is 4.79 Å². The minimum absolute atomic E-state index is 0.0853. The number of hydrogen-bond acceptors (Lipinski definition) is 6. The molecule has 1 rings (SSSR count). The van der Waals surface area contributed by atoms with Crippen molar-refractivity contribution in [1.29, 1.82) is 0 Å². The number of carbonyl (C=O) groups excluding carboxylic acids is 3. The lowest BCUT2D eigenvalue weighted by atomic mass is 10.1. The highest BCUT2D eigenvalue weighted by molar-refractivity contribution is 5.95. The molecule has 0 spiro atoms. The van der Waals surface area contributed by atoms with E-state index in [4.69, 9.17) is 9.47 Å². The van der Waals surface area contributed by atoms with Gasteiger partial charge in [-0.25, -0.2) is 4.79 Å². The summed E-state index contributed by atoms with van der Waals surface area (Å²) in [5, 5.41) is 2.37. The Morgan fingerprint density at radius 1 is 1.08 bits per heavy atom. The Bertz CT molecular complexity index is 564. The number of rotatable bonds is 6. The highest BCUT2D eigenvalue weighted by Crippen LogP contribution is 2.12. The molecular formula is C17H23NO6. The first kappa shape index (κ1) is 19.5. The van der Waals surface area contributed by atoms with Crippen molar-refractivity contribution in [2.75, 3.05) is 13.7 Å². The smallest absolute Gasteiger partial charge is 0.407 e. The minimum atomic E-state index is -1.25. The molecular weight excluding hydrogens is 314 g/mol. The number of hydrogen-bond donors (Lipinski definition) is 1. The lowest BCUT2D eigenvalue weighted by molar-refractivity contribution is -0.167. The molecule has 0 radical (unpaired) electrons. The van der Waals surface area contributed by atoms with Crippen LogP contribution in [0, 0.1) is 5.92 Å². The van der Waals surface area contributed by atoms with Crippen LogP contribution in [-0.2, 0) is 30.4 Å². The maximum absolute atomic E-state index is 12.0. The van der Waals surface area contributed by atoms with E-state index in [9.17, 15) is 14.4 Å².